The van der Waals surface area contributed by atoms with Crippen molar-refractivity contribution < 1.29 is 9.53 Å². The van der Waals surface area contributed by atoms with Crippen molar-refractivity contribution in [3.63, 3.8) is 0 Å². The fourth-order valence-corrected chi connectivity index (χ4v) is 2.00. The van der Waals surface area contributed by atoms with Crippen molar-refractivity contribution >= 4 is 17.5 Å². The van der Waals surface area contributed by atoms with E-state index in [9.17, 15) is 4.79 Å². The number of amides is 1. The van der Waals surface area contributed by atoms with Crippen molar-refractivity contribution in [2.24, 2.45) is 0 Å². The number of likely N-dealkylation sites (N-methyl/N-ethyl adjacent to an activating group) is 1. The molecule has 0 aliphatic carbocycles. The Morgan fingerprint density at radius 2 is 2.33 bits per heavy atom. The SMILES string of the molecule is C[C@H](C(=O)N(C)CCOc1cccc(Cl)c1)n1cncn1. The van der Waals surface area contributed by atoms with E-state index in [1.807, 2.05) is 12.1 Å². The summed E-state index contributed by atoms with van der Waals surface area (Å²) in [6.07, 6.45) is 2.94. The molecular formula is C14H17ClN4O2. The first-order chi connectivity index (χ1) is 10.1. The number of carbonyl (C=O) groups is 1. The standard InChI is InChI=1S/C14H17ClN4O2/c1-11(19-10-16-9-17-19)14(20)18(2)6-7-21-13-5-3-4-12(15)8-13/h3-5,8-11H,6-7H2,1-2H3/t11-/m1/s1. The van der Waals surface area contributed by atoms with E-state index in [4.69, 9.17) is 16.3 Å². The molecule has 0 saturated carbocycles. The zero-order valence-corrected chi connectivity index (χ0v) is 12.7. The average molecular weight is 309 g/mol. The van der Waals surface area contributed by atoms with Gasteiger partial charge in [0.25, 0.3) is 0 Å². The minimum absolute atomic E-state index is 0.0461. The van der Waals surface area contributed by atoms with E-state index in [1.165, 1.54) is 17.3 Å². The van der Waals surface area contributed by atoms with Gasteiger partial charge in [-0.2, -0.15) is 5.10 Å². The van der Waals surface area contributed by atoms with Crippen LogP contribution in [0.3, 0.4) is 0 Å². The van der Waals surface area contributed by atoms with Crippen LogP contribution in [-0.2, 0) is 4.79 Å². The number of ether oxygens (including phenoxy) is 1. The van der Waals surface area contributed by atoms with Gasteiger partial charge in [0.15, 0.2) is 0 Å². The number of hydrogen-bond donors (Lipinski definition) is 0. The van der Waals surface area contributed by atoms with Crippen molar-refractivity contribution in [3.05, 3.63) is 41.9 Å². The van der Waals surface area contributed by atoms with Gasteiger partial charge >= 0.3 is 0 Å². The summed E-state index contributed by atoms with van der Waals surface area (Å²) in [5.41, 5.74) is 0. The van der Waals surface area contributed by atoms with Crippen molar-refractivity contribution in [1.29, 1.82) is 0 Å². The predicted octanol–water partition coefficient (Wildman–Crippen LogP) is 2.03. The third kappa shape index (κ3) is 4.19. The zero-order valence-electron chi connectivity index (χ0n) is 11.9. The molecule has 112 valence electrons. The quantitative estimate of drug-likeness (QED) is 0.819. The third-order valence-electron chi connectivity index (χ3n) is 3.06. The van der Waals surface area contributed by atoms with Gasteiger partial charge in [-0.25, -0.2) is 9.67 Å². The second-order valence-electron chi connectivity index (χ2n) is 4.62. The largest absolute Gasteiger partial charge is 0.492 e. The molecule has 0 radical (unpaired) electrons. The van der Waals surface area contributed by atoms with Gasteiger partial charge in [-0.05, 0) is 25.1 Å². The molecule has 0 aliphatic heterocycles. The van der Waals surface area contributed by atoms with Crippen LogP contribution in [0.5, 0.6) is 5.75 Å². The lowest BCUT2D eigenvalue weighted by molar-refractivity contribution is -0.133. The van der Waals surface area contributed by atoms with Crippen LogP contribution >= 0.6 is 11.6 Å². The number of halogens is 1. The van der Waals surface area contributed by atoms with Crippen molar-refractivity contribution in [1.82, 2.24) is 19.7 Å². The van der Waals surface area contributed by atoms with Gasteiger partial charge in [-0.15, -0.1) is 0 Å². The molecule has 6 nitrogen and oxygen atoms in total. The number of aromatic nitrogens is 3. The summed E-state index contributed by atoms with van der Waals surface area (Å²) in [6.45, 7) is 2.66. The van der Waals surface area contributed by atoms with E-state index >= 15 is 0 Å². The highest BCUT2D eigenvalue weighted by atomic mass is 35.5. The molecule has 1 amide bonds. The maximum atomic E-state index is 12.2. The second kappa shape index (κ2) is 7.08. The van der Waals surface area contributed by atoms with Crippen LogP contribution in [0.4, 0.5) is 0 Å². The second-order valence-corrected chi connectivity index (χ2v) is 5.05. The van der Waals surface area contributed by atoms with Crippen LogP contribution in [0.2, 0.25) is 5.02 Å². The van der Waals surface area contributed by atoms with Crippen LogP contribution in [0.25, 0.3) is 0 Å². The van der Waals surface area contributed by atoms with Crippen molar-refractivity contribution in [2.45, 2.75) is 13.0 Å². The maximum absolute atomic E-state index is 12.2. The Bertz CT molecular complexity index is 588. The van der Waals surface area contributed by atoms with E-state index in [-0.39, 0.29) is 11.9 Å². The fraction of sp³-hybridized carbons (Fsp3) is 0.357. The van der Waals surface area contributed by atoms with Crippen LogP contribution in [0.1, 0.15) is 13.0 Å². The van der Waals surface area contributed by atoms with Gasteiger partial charge in [0.2, 0.25) is 5.91 Å². The lowest BCUT2D eigenvalue weighted by Gasteiger charge is -2.21. The molecule has 2 aromatic rings. The van der Waals surface area contributed by atoms with E-state index in [0.717, 1.165) is 0 Å². The Morgan fingerprint density at radius 3 is 3.00 bits per heavy atom. The van der Waals surface area contributed by atoms with Gasteiger partial charge in [0, 0.05) is 12.1 Å². The molecule has 0 fully saturated rings. The molecule has 0 saturated heterocycles. The number of benzene rings is 1. The van der Waals surface area contributed by atoms with Gasteiger partial charge in [-0.1, -0.05) is 17.7 Å². The van der Waals surface area contributed by atoms with Crippen LogP contribution < -0.4 is 4.74 Å². The number of nitrogens with zero attached hydrogens (tertiary/aromatic N) is 4. The molecule has 1 atom stereocenters. The zero-order chi connectivity index (χ0) is 15.2. The number of rotatable bonds is 6. The summed E-state index contributed by atoms with van der Waals surface area (Å²) in [7, 11) is 1.73. The highest BCUT2D eigenvalue weighted by molar-refractivity contribution is 6.30. The first-order valence-corrected chi connectivity index (χ1v) is 6.93. The van der Waals surface area contributed by atoms with Crippen molar-refractivity contribution in [2.75, 3.05) is 20.2 Å². The topological polar surface area (TPSA) is 60.2 Å². The summed E-state index contributed by atoms with van der Waals surface area (Å²) in [5.74, 6) is 0.642. The minimum Gasteiger partial charge on any atom is -0.492 e. The Balaban J connectivity index is 1.81. The van der Waals surface area contributed by atoms with Gasteiger partial charge in [0.1, 0.15) is 31.1 Å². The van der Waals surface area contributed by atoms with Crippen LogP contribution in [-0.4, -0.2) is 45.8 Å². The predicted molar refractivity (Wildman–Crippen MR) is 79.3 cm³/mol. The van der Waals surface area contributed by atoms with Gasteiger partial charge in [0.05, 0.1) is 6.54 Å². The highest BCUT2D eigenvalue weighted by Gasteiger charge is 2.19. The molecule has 1 aromatic carbocycles. The Morgan fingerprint density at radius 1 is 1.52 bits per heavy atom. The Labute approximate surface area is 128 Å². The molecule has 0 unspecified atom stereocenters. The highest BCUT2D eigenvalue weighted by Crippen LogP contribution is 2.17. The number of carbonyl (C=O) groups excluding carboxylic acids is 1. The minimum atomic E-state index is -0.385. The van der Waals surface area contributed by atoms with E-state index in [2.05, 4.69) is 10.1 Å². The molecule has 1 heterocycles. The van der Waals surface area contributed by atoms with Crippen LogP contribution in [0.15, 0.2) is 36.9 Å². The summed E-state index contributed by atoms with van der Waals surface area (Å²) < 4.78 is 7.09. The summed E-state index contributed by atoms with van der Waals surface area (Å²) in [4.78, 5) is 17.6. The molecule has 0 aliphatic rings. The smallest absolute Gasteiger partial charge is 0.247 e. The number of hydrogen-bond acceptors (Lipinski definition) is 4. The van der Waals surface area contributed by atoms with E-state index < -0.39 is 0 Å². The lowest BCUT2D eigenvalue weighted by atomic mass is 10.3. The fourth-order valence-electron chi connectivity index (χ4n) is 1.82. The molecule has 2 rings (SSSR count). The molecule has 0 N–H and O–H groups in total. The molecule has 1 aromatic heterocycles. The first-order valence-electron chi connectivity index (χ1n) is 6.55. The molecule has 7 heteroatoms. The van der Waals surface area contributed by atoms with E-state index in [0.29, 0.717) is 23.9 Å². The van der Waals surface area contributed by atoms with E-state index in [1.54, 1.807) is 31.0 Å². The van der Waals surface area contributed by atoms with Gasteiger partial charge in [-0.3, -0.25) is 4.79 Å². The Hall–Kier alpha value is -2.08. The van der Waals surface area contributed by atoms with Gasteiger partial charge < -0.3 is 9.64 Å². The molecule has 0 bridgehead atoms. The summed E-state index contributed by atoms with van der Waals surface area (Å²) in [5, 5.41) is 4.59. The normalized spacial score (nSPS) is 12.0. The molecule has 0 spiro atoms. The monoisotopic (exact) mass is 308 g/mol. The average Bonchev–Trinajstić information content (AvgIpc) is 3.00. The first kappa shape index (κ1) is 15.3. The Kier molecular flexibility index (Phi) is 5.16. The summed E-state index contributed by atoms with van der Waals surface area (Å²) >= 11 is 5.88. The lowest BCUT2D eigenvalue weighted by Crippen LogP contribution is -2.36. The maximum Gasteiger partial charge on any atom is 0.247 e. The summed E-state index contributed by atoms with van der Waals surface area (Å²) in [6, 6.07) is 6.78. The van der Waals surface area contributed by atoms with Crippen LogP contribution in [0, 0.1) is 0 Å². The van der Waals surface area contributed by atoms with Crippen molar-refractivity contribution in [3.8, 4) is 5.75 Å². The molecule has 21 heavy (non-hydrogen) atoms. The molecular weight excluding hydrogens is 292 g/mol. The third-order valence-corrected chi connectivity index (χ3v) is 3.29.